The molecule has 0 aliphatic carbocycles. The second-order valence-electron chi connectivity index (χ2n) is 7.01. The maximum absolute atomic E-state index is 10.1. The van der Waals surface area contributed by atoms with Crippen molar-refractivity contribution in [2.24, 2.45) is 0 Å². The average Bonchev–Trinajstić information content (AvgIpc) is 3.01. The fourth-order valence-electron chi connectivity index (χ4n) is 3.01. The smallest absolute Gasteiger partial charge is 0.238 e. The Balaban J connectivity index is 2.22. The van der Waals surface area contributed by atoms with Gasteiger partial charge in [0.25, 0.3) is 0 Å². The molecule has 0 saturated heterocycles. The Kier molecular flexibility index (Phi) is 8.13. The third-order valence-corrected chi connectivity index (χ3v) is 4.22. The van der Waals surface area contributed by atoms with Crippen LogP contribution in [0.4, 0.5) is 0 Å². The van der Waals surface area contributed by atoms with Gasteiger partial charge in [0.15, 0.2) is 0 Å². The summed E-state index contributed by atoms with van der Waals surface area (Å²) in [5, 5.41) is 13.4. The van der Waals surface area contributed by atoms with Crippen LogP contribution in [0.25, 0.3) is 5.69 Å². The van der Waals surface area contributed by atoms with Gasteiger partial charge in [0.2, 0.25) is 5.88 Å². The Morgan fingerprint density at radius 1 is 1.12 bits per heavy atom. The molecule has 1 atom stereocenters. The number of ether oxygens (including phenoxy) is 1. The van der Waals surface area contributed by atoms with Crippen molar-refractivity contribution in [2.75, 3.05) is 13.2 Å². The lowest BCUT2D eigenvalue weighted by atomic mass is 10.2. The fourth-order valence-corrected chi connectivity index (χ4v) is 3.01. The summed E-state index contributed by atoms with van der Waals surface area (Å²) in [5.41, 5.74) is 3.50. The lowest BCUT2D eigenvalue weighted by Crippen LogP contribution is -2.35. The van der Waals surface area contributed by atoms with Gasteiger partial charge in [0.1, 0.15) is 18.4 Å². The molecule has 0 aliphatic heterocycles. The van der Waals surface area contributed by atoms with Crippen LogP contribution in [0.2, 0.25) is 0 Å². The summed E-state index contributed by atoms with van der Waals surface area (Å²) >= 11 is 0. The van der Waals surface area contributed by atoms with Crippen molar-refractivity contribution < 1.29 is 9.84 Å². The monoisotopic (exact) mass is 359 g/mol. The first-order valence-corrected chi connectivity index (χ1v) is 9.75. The number of aryl methyl sites for hydroxylation is 2. The summed E-state index contributed by atoms with van der Waals surface area (Å²) in [6.07, 6.45) is 5.37. The van der Waals surface area contributed by atoms with Crippen LogP contribution >= 0.6 is 0 Å². The number of hydrogen-bond acceptors (Lipinski definition) is 4. The molecule has 1 unspecified atom stereocenters. The SMILES string of the molecule is CCCc1ccc(CCC)n1-c1cccnc1OCC(O)CNC(C)C. The van der Waals surface area contributed by atoms with Gasteiger partial charge < -0.3 is 19.7 Å². The molecule has 0 fully saturated rings. The molecule has 26 heavy (non-hydrogen) atoms. The molecular formula is C21H33N3O2. The largest absolute Gasteiger partial charge is 0.473 e. The predicted octanol–water partition coefficient (Wildman–Crippen LogP) is 3.52. The number of nitrogens with zero attached hydrogens (tertiary/aromatic N) is 2. The average molecular weight is 360 g/mol. The van der Waals surface area contributed by atoms with Crippen molar-refractivity contribution in [1.29, 1.82) is 0 Å². The summed E-state index contributed by atoms with van der Waals surface area (Å²) in [4.78, 5) is 4.43. The van der Waals surface area contributed by atoms with Gasteiger partial charge in [-0.25, -0.2) is 4.98 Å². The summed E-state index contributed by atoms with van der Waals surface area (Å²) in [5.74, 6) is 0.571. The van der Waals surface area contributed by atoms with E-state index in [2.05, 4.69) is 54.7 Å². The van der Waals surface area contributed by atoms with Crippen molar-refractivity contribution in [3.63, 3.8) is 0 Å². The predicted molar refractivity (Wildman–Crippen MR) is 106 cm³/mol. The first-order valence-electron chi connectivity index (χ1n) is 9.75. The van der Waals surface area contributed by atoms with E-state index in [1.165, 1.54) is 11.4 Å². The Bertz CT molecular complexity index is 644. The number of aliphatic hydroxyl groups excluding tert-OH is 1. The Hall–Kier alpha value is -1.85. The number of rotatable bonds is 11. The number of nitrogens with one attached hydrogen (secondary N) is 1. The van der Waals surface area contributed by atoms with Crippen LogP contribution < -0.4 is 10.1 Å². The maximum atomic E-state index is 10.1. The number of aliphatic hydroxyl groups is 1. The Morgan fingerprint density at radius 3 is 2.35 bits per heavy atom. The van der Waals surface area contributed by atoms with Crippen molar-refractivity contribution in [1.82, 2.24) is 14.9 Å². The van der Waals surface area contributed by atoms with E-state index in [0.717, 1.165) is 31.4 Å². The van der Waals surface area contributed by atoms with Gasteiger partial charge in [0, 0.05) is 30.2 Å². The van der Waals surface area contributed by atoms with Gasteiger partial charge in [-0.3, -0.25) is 0 Å². The Labute approximate surface area is 157 Å². The van der Waals surface area contributed by atoms with Crippen LogP contribution in [0.3, 0.4) is 0 Å². The first kappa shape index (κ1) is 20.5. The summed E-state index contributed by atoms with van der Waals surface area (Å²) in [6.45, 7) is 9.22. The van der Waals surface area contributed by atoms with E-state index in [4.69, 9.17) is 4.74 Å². The number of aromatic nitrogens is 2. The summed E-state index contributed by atoms with van der Waals surface area (Å²) in [6, 6.07) is 8.71. The van der Waals surface area contributed by atoms with E-state index in [0.29, 0.717) is 18.5 Å². The molecule has 0 amide bonds. The van der Waals surface area contributed by atoms with Gasteiger partial charge in [-0.1, -0.05) is 40.5 Å². The molecule has 0 aliphatic rings. The van der Waals surface area contributed by atoms with E-state index < -0.39 is 6.10 Å². The zero-order valence-electron chi connectivity index (χ0n) is 16.5. The van der Waals surface area contributed by atoms with E-state index in [1.807, 2.05) is 12.1 Å². The van der Waals surface area contributed by atoms with Crippen LogP contribution in [0.5, 0.6) is 5.88 Å². The van der Waals surface area contributed by atoms with Crippen molar-refractivity contribution in [3.8, 4) is 11.6 Å². The third kappa shape index (κ3) is 5.58. The van der Waals surface area contributed by atoms with Gasteiger partial charge in [0.05, 0.1) is 0 Å². The molecule has 0 radical (unpaired) electrons. The van der Waals surface area contributed by atoms with E-state index in [1.54, 1.807) is 6.20 Å². The lowest BCUT2D eigenvalue weighted by Gasteiger charge is -2.18. The summed E-state index contributed by atoms with van der Waals surface area (Å²) < 4.78 is 8.17. The standard InChI is InChI=1S/C21H33N3O2/c1-5-8-17-11-12-18(9-6-2)24(17)20-10-7-13-22-21(20)26-15-19(25)14-23-16(3)4/h7,10-13,16,19,23,25H,5-6,8-9,14-15H2,1-4H3. The summed E-state index contributed by atoms with van der Waals surface area (Å²) in [7, 11) is 0. The first-order chi connectivity index (χ1) is 12.6. The third-order valence-electron chi connectivity index (χ3n) is 4.22. The molecule has 0 bridgehead atoms. The fraction of sp³-hybridized carbons (Fsp3) is 0.571. The van der Waals surface area contributed by atoms with Gasteiger partial charge >= 0.3 is 0 Å². The molecule has 0 spiro atoms. The van der Waals surface area contributed by atoms with Crippen LogP contribution in [-0.4, -0.2) is 40.0 Å². The normalized spacial score (nSPS) is 12.5. The van der Waals surface area contributed by atoms with Gasteiger partial charge in [-0.15, -0.1) is 0 Å². The molecule has 5 heteroatoms. The van der Waals surface area contributed by atoms with Crippen molar-refractivity contribution in [3.05, 3.63) is 41.9 Å². The topological polar surface area (TPSA) is 59.3 Å². The van der Waals surface area contributed by atoms with Gasteiger partial charge in [-0.05, 0) is 37.1 Å². The molecule has 0 saturated carbocycles. The number of hydrogen-bond donors (Lipinski definition) is 2. The quantitative estimate of drug-likeness (QED) is 0.644. The van der Waals surface area contributed by atoms with E-state index in [-0.39, 0.29) is 6.61 Å². The van der Waals surface area contributed by atoms with Gasteiger partial charge in [-0.2, -0.15) is 0 Å². The molecule has 2 aromatic heterocycles. The number of pyridine rings is 1. The highest BCUT2D eigenvalue weighted by Gasteiger charge is 2.15. The minimum Gasteiger partial charge on any atom is -0.473 e. The molecule has 144 valence electrons. The molecule has 2 N–H and O–H groups in total. The molecule has 0 aromatic carbocycles. The van der Waals surface area contributed by atoms with Crippen LogP contribution in [0.1, 0.15) is 51.9 Å². The van der Waals surface area contributed by atoms with Crippen LogP contribution in [-0.2, 0) is 12.8 Å². The minimum atomic E-state index is -0.567. The molecule has 2 aromatic rings. The highest BCUT2D eigenvalue weighted by molar-refractivity contribution is 5.45. The Morgan fingerprint density at radius 2 is 1.77 bits per heavy atom. The molecule has 2 heterocycles. The molecular weight excluding hydrogens is 326 g/mol. The van der Waals surface area contributed by atoms with Crippen molar-refractivity contribution >= 4 is 0 Å². The minimum absolute atomic E-state index is 0.219. The zero-order chi connectivity index (χ0) is 18.9. The highest BCUT2D eigenvalue weighted by atomic mass is 16.5. The highest BCUT2D eigenvalue weighted by Crippen LogP contribution is 2.26. The van der Waals surface area contributed by atoms with Crippen LogP contribution in [0.15, 0.2) is 30.5 Å². The zero-order valence-corrected chi connectivity index (χ0v) is 16.5. The lowest BCUT2D eigenvalue weighted by molar-refractivity contribution is 0.102. The van der Waals surface area contributed by atoms with E-state index >= 15 is 0 Å². The maximum Gasteiger partial charge on any atom is 0.238 e. The molecule has 2 rings (SSSR count). The second kappa shape index (κ2) is 10.3. The van der Waals surface area contributed by atoms with E-state index in [9.17, 15) is 5.11 Å². The second-order valence-corrected chi connectivity index (χ2v) is 7.01. The van der Waals surface area contributed by atoms with Crippen molar-refractivity contribution in [2.45, 2.75) is 65.5 Å². The van der Waals surface area contributed by atoms with Crippen LogP contribution in [0, 0.1) is 0 Å². The molecule has 5 nitrogen and oxygen atoms in total.